The minimum atomic E-state index is -0.539. The molecule has 3 aromatic rings. The quantitative estimate of drug-likeness (QED) is 0.395. The second-order valence-corrected chi connectivity index (χ2v) is 10.3. The summed E-state index contributed by atoms with van der Waals surface area (Å²) in [6.07, 6.45) is 2.27. The number of thioether (sulfide) groups is 1. The molecular formula is C30H26FN3O6S. The molecule has 9 nitrogen and oxygen atoms in total. The molecule has 3 aromatic carbocycles. The summed E-state index contributed by atoms with van der Waals surface area (Å²) in [7, 11) is 1.43. The fourth-order valence-corrected chi connectivity index (χ4v) is 5.34. The molecule has 2 heterocycles. The van der Waals surface area contributed by atoms with Gasteiger partial charge in [-0.1, -0.05) is 30.3 Å². The molecule has 41 heavy (non-hydrogen) atoms. The predicted octanol–water partition coefficient (Wildman–Crippen LogP) is 4.47. The van der Waals surface area contributed by atoms with E-state index in [0.29, 0.717) is 35.8 Å². The average molecular weight is 576 g/mol. The van der Waals surface area contributed by atoms with Gasteiger partial charge in [-0.2, -0.15) is 0 Å². The Morgan fingerprint density at radius 3 is 2.54 bits per heavy atom. The van der Waals surface area contributed by atoms with Crippen molar-refractivity contribution in [3.05, 3.63) is 94.1 Å². The number of carbonyl (C=O) groups excluding carboxylic acids is 4. The monoisotopic (exact) mass is 575 g/mol. The number of methoxy groups -OCH3 is 1. The zero-order valence-electron chi connectivity index (χ0n) is 22.1. The van der Waals surface area contributed by atoms with Crippen molar-refractivity contribution in [3.8, 4) is 11.5 Å². The number of benzene rings is 3. The van der Waals surface area contributed by atoms with Crippen LogP contribution in [-0.2, 0) is 27.3 Å². The molecule has 2 aliphatic heterocycles. The van der Waals surface area contributed by atoms with E-state index in [4.69, 9.17) is 9.47 Å². The zero-order valence-corrected chi connectivity index (χ0v) is 22.9. The minimum absolute atomic E-state index is 0.182. The van der Waals surface area contributed by atoms with Crippen molar-refractivity contribution in [3.63, 3.8) is 0 Å². The zero-order chi connectivity index (χ0) is 28.9. The summed E-state index contributed by atoms with van der Waals surface area (Å²) >= 11 is 0.767. The molecule has 0 radical (unpaired) electrons. The molecule has 1 fully saturated rings. The van der Waals surface area contributed by atoms with E-state index < -0.39 is 22.9 Å². The predicted molar refractivity (Wildman–Crippen MR) is 152 cm³/mol. The molecule has 0 aliphatic carbocycles. The minimum Gasteiger partial charge on any atom is -0.493 e. The number of nitrogens with one attached hydrogen (secondary N) is 1. The number of fused-ring (bicyclic) bond motifs is 1. The van der Waals surface area contributed by atoms with E-state index in [1.165, 1.54) is 36.9 Å². The third-order valence-corrected chi connectivity index (χ3v) is 7.53. The van der Waals surface area contributed by atoms with Gasteiger partial charge in [-0.3, -0.25) is 24.1 Å². The van der Waals surface area contributed by atoms with Gasteiger partial charge in [-0.15, -0.1) is 0 Å². The maximum atomic E-state index is 13.0. The second-order valence-electron chi connectivity index (χ2n) is 9.36. The largest absolute Gasteiger partial charge is 0.493 e. The van der Waals surface area contributed by atoms with E-state index in [0.717, 1.165) is 28.6 Å². The Kier molecular flexibility index (Phi) is 8.34. The van der Waals surface area contributed by atoms with Gasteiger partial charge in [0.15, 0.2) is 18.1 Å². The van der Waals surface area contributed by atoms with Crippen LogP contribution in [0.5, 0.6) is 11.5 Å². The maximum Gasteiger partial charge on any atom is 0.294 e. The Morgan fingerprint density at radius 2 is 1.78 bits per heavy atom. The lowest BCUT2D eigenvalue weighted by Crippen LogP contribution is -2.44. The molecule has 1 N–H and O–H groups in total. The molecule has 0 spiro atoms. The Hall–Kier alpha value is -4.64. The lowest BCUT2D eigenvalue weighted by molar-refractivity contribution is -0.136. The van der Waals surface area contributed by atoms with Gasteiger partial charge >= 0.3 is 0 Å². The van der Waals surface area contributed by atoms with Crippen LogP contribution >= 0.6 is 11.8 Å². The molecule has 0 unspecified atom stereocenters. The van der Waals surface area contributed by atoms with Gasteiger partial charge in [-0.05, 0) is 77.3 Å². The third-order valence-electron chi connectivity index (χ3n) is 6.62. The number of halogens is 1. The summed E-state index contributed by atoms with van der Waals surface area (Å²) in [4.78, 5) is 53.6. The first kappa shape index (κ1) is 27.9. The summed E-state index contributed by atoms with van der Waals surface area (Å²) in [5.41, 5.74) is 3.26. The maximum absolute atomic E-state index is 13.0. The number of imide groups is 1. The van der Waals surface area contributed by atoms with Gasteiger partial charge in [-0.25, -0.2) is 4.39 Å². The average Bonchev–Trinajstić information content (AvgIpc) is 3.24. The molecular weight excluding hydrogens is 549 g/mol. The SMILES string of the molecule is COc1cc(/C=C2\SC(=O)N(CC(=O)N3CCc4ccccc4C3)C2=O)ccc1OCC(=O)Nc1ccc(F)cc1. The molecule has 0 atom stereocenters. The van der Waals surface area contributed by atoms with Crippen molar-refractivity contribution < 1.29 is 33.0 Å². The van der Waals surface area contributed by atoms with Crippen LogP contribution in [0.2, 0.25) is 0 Å². The highest BCUT2D eigenvalue weighted by molar-refractivity contribution is 8.18. The van der Waals surface area contributed by atoms with Crippen molar-refractivity contribution in [1.29, 1.82) is 0 Å². The second kappa shape index (κ2) is 12.3. The van der Waals surface area contributed by atoms with Crippen molar-refractivity contribution >= 4 is 46.5 Å². The van der Waals surface area contributed by atoms with Crippen molar-refractivity contribution in [2.45, 2.75) is 13.0 Å². The first-order valence-electron chi connectivity index (χ1n) is 12.8. The standard InChI is InChI=1S/C30H26FN3O6S/c1-39-25-14-19(6-11-24(25)40-18-27(35)32-23-9-7-22(31)8-10-23)15-26-29(37)34(30(38)41-26)17-28(36)33-13-12-20-4-2-3-5-21(20)16-33/h2-11,14-15H,12-13,16-18H2,1H3,(H,32,35)/b26-15-. The number of hydrogen-bond acceptors (Lipinski definition) is 7. The Balaban J connectivity index is 1.20. The number of nitrogens with zero attached hydrogens (tertiary/aromatic N) is 2. The number of anilines is 1. The van der Waals surface area contributed by atoms with Crippen molar-refractivity contribution in [1.82, 2.24) is 9.80 Å². The fourth-order valence-electron chi connectivity index (χ4n) is 4.50. The lowest BCUT2D eigenvalue weighted by atomic mass is 10.00. The van der Waals surface area contributed by atoms with E-state index >= 15 is 0 Å². The van der Waals surface area contributed by atoms with Gasteiger partial charge in [0, 0.05) is 18.8 Å². The molecule has 11 heteroatoms. The highest BCUT2D eigenvalue weighted by Crippen LogP contribution is 2.35. The molecule has 2 aliphatic rings. The van der Waals surface area contributed by atoms with Gasteiger partial charge in [0.2, 0.25) is 5.91 Å². The van der Waals surface area contributed by atoms with Crippen LogP contribution in [-0.4, -0.2) is 59.6 Å². The van der Waals surface area contributed by atoms with Crippen LogP contribution in [0.3, 0.4) is 0 Å². The van der Waals surface area contributed by atoms with Gasteiger partial charge in [0.25, 0.3) is 17.1 Å². The molecule has 0 saturated carbocycles. The Bertz CT molecular complexity index is 1540. The summed E-state index contributed by atoms with van der Waals surface area (Å²) < 4.78 is 24.0. The summed E-state index contributed by atoms with van der Waals surface area (Å²) in [6, 6.07) is 18.1. The summed E-state index contributed by atoms with van der Waals surface area (Å²) in [6.45, 7) is 0.343. The van der Waals surface area contributed by atoms with E-state index in [-0.39, 0.29) is 24.0 Å². The normalized spacial score (nSPS) is 15.6. The van der Waals surface area contributed by atoms with Crippen molar-refractivity contribution in [2.75, 3.05) is 32.1 Å². The summed E-state index contributed by atoms with van der Waals surface area (Å²) in [5.74, 6) is -1.07. The Morgan fingerprint density at radius 1 is 1.02 bits per heavy atom. The van der Waals surface area contributed by atoms with Crippen LogP contribution in [0.25, 0.3) is 6.08 Å². The van der Waals surface area contributed by atoms with Crippen LogP contribution < -0.4 is 14.8 Å². The van der Waals surface area contributed by atoms with Crippen LogP contribution in [0.15, 0.2) is 71.6 Å². The molecule has 4 amide bonds. The Labute approximate surface area is 239 Å². The van der Waals surface area contributed by atoms with Crippen LogP contribution in [0.4, 0.5) is 14.9 Å². The van der Waals surface area contributed by atoms with E-state index in [1.54, 1.807) is 29.2 Å². The van der Waals surface area contributed by atoms with Crippen LogP contribution in [0.1, 0.15) is 16.7 Å². The number of hydrogen-bond donors (Lipinski definition) is 1. The molecule has 5 rings (SSSR count). The first-order valence-corrected chi connectivity index (χ1v) is 13.6. The molecule has 0 bridgehead atoms. The summed E-state index contributed by atoms with van der Waals surface area (Å²) in [5, 5.41) is 2.10. The highest BCUT2D eigenvalue weighted by atomic mass is 32.2. The number of ether oxygens (including phenoxy) is 2. The van der Waals surface area contributed by atoms with Gasteiger partial charge in [0.1, 0.15) is 12.4 Å². The van der Waals surface area contributed by atoms with Gasteiger partial charge in [0.05, 0.1) is 12.0 Å². The smallest absolute Gasteiger partial charge is 0.294 e. The van der Waals surface area contributed by atoms with E-state index in [9.17, 15) is 23.6 Å². The number of carbonyl (C=O) groups is 4. The fraction of sp³-hybridized carbons (Fsp3) is 0.200. The number of amides is 4. The van der Waals surface area contributed by atoms with Crippen LogP contribution in [0, 0.1) is 5.82 Å². The van der Waals surface area contributed by atoms with E-state index in [2.05, 4.69) is 5.32 Å². The molecule has 0 aromatic heterocycles. The third kappa shape index (κ3) is 6.58. The van der Waals surface area contributed by atoms with Crippen molar-refractivity contribution in [2.24, 2.45) is 0 Å². The molecule has 210 valence electrons. The lowest BCUT2D eigenvalue weighted by Gasteiger charge is -2.29. The number of rotatable bonds is 8. The highest BCUT2D eigenvalue weighted by Gasteiger charge is 2.37. The topological polar surface area (TPSA) is 105 Å². The van der Waals surface area contributed by atoms with E-state index in [1.807, 2.05) is 24.3 Å². The van der Waals surface area contributed by atoms with Gasteiger partial charge < -0.3 is 19.7 Å². The first-order chi connectivity index (χ1) is 19.8. The molecule has 1 saturated heterocycles.